The number of nitrogens with one attached hydrogen (secondary N) is 1. The van der Waals surface area contributed by atoms with E-state index in [0.717, 1.165) is 12.0 Å². The van der Waals surface area contributed by atoms with Gasteiger partial charge in [0.1, 0.15) is 0 Å². The molecule has 0 aromatic carbocycles. The normalized spacial score (nSPS) is 31.6. The van der Waals surface area contributed by atoms with Crippen molar-refractivity contribution in [2.45, 2.75) is 58.0 Å². The van der Waals surface area contributed by atoms with Crippen LogP contribution in [0.3, 0.4) is 0 Å². The van der Waals surface area contributed by atoms with Crippen molar-refractivity contribution >= 4 is 0 Å². The maximum Gasteiger partial charge on any atom is 0.0110 e. The van der Waals surface area contributed by atoms with Crippen LogP contribution in [0, 0.1) is 5.92 Å². The highest BCUT2D eigenvalue weighted by Gasteiger charge is 2.26. The van der Waals surface area contributed by atoms with E-state index in [4.69, 9.17) is 0 Å². The number of piperazine rings is 1. The van der Waals surface area contributed by atoms with Gasteiger partial charge in [-0.05, 0) is 59.4 Å². The Hall–Kier alpha value is -0.120. The monoisotopic (exact) mass is 267 g/mol. The summed E-state index contributed by atoms with van der Waals surface area (Å²) in [4.78, 5) is 5.13. The molecule has 0 bridgehead atoms. The summed E-state index contributed by atoms with van der Waals surface area (Å²) in [7, 11) is 2.24. The average molecular weight is 267 g/mol. The van der Waals surface area contributed by atoms with Crippen molar-refractivity contribution < 1.29 is 0 Å². The van der Waals surface area contributed by atoms with E-state index < -0.39 is 0 Å². The van der Waals surface area contributed by atoms with Gasteiger partial charge in [0, 0.05) is 44.3 Å². The average Bonchev–Trinajstić information content (AvgIpc) is 2.33. The maximum absolute atomic E-state index is 3.77. The molecule has 1 saturated heterocycles. The zero-order valence-electron chi connectivity index (χ0n) is 13.4. The molecule has 0 atom stereocenters. The van der Waals surface area contributed by atoms with E-state index in [0.29, 0.717) is 0 Å². The van der Waals surface area contributed by atoms with Gasteiger partial charge in [0.05, 0.1) is 0 Å². The fraction of sp³-hybridized carbons (Fsp3) is 1.00. The standard InChI is InChI=1S/C16H33N3/c1-16(2,3)17-15-7-5-14(6-8-15)13-19-11-9-18(4)10-12-19/h14-15,17H,5-13H2,1-4H3. The summed E-state index contributed by atoms with van der Waals surface area (Å²) in [6.07, 6.45) is 5.57. The van der Waals surface area contributed by atoms with E-state index in [9.17, 15) is 0 Å². The Morgan fingerprint density at radius 2 is 1.53 bits per heavy atom. The first-order valence-electron chi connectivity index (χ1n) is 8.11. The summed E-state index contributed by atoms with van der Waals surface area (Å²) >= 11 is 0. The second-order valence-corrected chi connectivity index (χ2v) is 7.72. The van der Waals surface area contributed by atoms with Gasteiger partial charge in [-0.1, -0.05) is 0 Å². The summed E-state index contributed by atoms with van der Waals surface area (Å²) in [5, 5.41) is 3.77. The Balaban J connectivity index is 1.66. The van der Waals surface area contributed by atoms with Crippen molar-refractivity contribution in [3.8, 4) is 0 Å². The number of nitrogens with zero attached hydrogens (tertiary/aromatic N) is 2. The zero-order chi connectivity index (χ0) is 13.9. The van der Waals surface area contributed by atoms with Gasteiger partial charge in [-0.25, -0.2) is 0 Å². The van der Waals surface area contributed by atoms with Gasteiger partial charge in [0.2, 0.25) is 0 Å². The molecule has 1 N–H and O–H groups in total. The first-order valence-corrected chi connectivity index (χ1v) is 8.11. The van der Waals surface area contributed by atoms with Crippen LogP contribution in [0.1, 0.15) is 46.5 Å². The fourth-order valence-electron chi connectivity index (χ4n) is 3.50. The third-order valence-electron chi connectivity index (χ3n) is 4.60. The molecule has 19 heavy (non-hydrogen) atoms. The largest absolute Gasteiger partial charge is 0.309 e. The van der Waals surface area contributed by atoms with Crippen molar-refractivity contribution in [3.05, 3.63) is 0 Å². The van der Waals surface area contributed by atoms with Crippen LogP contribution in [0.2, 0.25) is 0 Å². The lowest BCUT2D eigenvalue weighted by Crippen LogP contribution is -2.48. The molecule has 3 heteroatoms. The summed E-state index contributed by atoms with van der Waals surface area (Å²) in [6, 6.07) is 0.753. The van der Waals surface area contributed by atoms with Crippen molar-refractivity contribution in [1.82, 2.24) is 15.1 Å². The van der Waals surface area contributed by atoms with E-state index in [2.05, 4.69) is 42.9 Å². The van der Waals surface area contributed by atoms with Crippen LogP contribution < -0.4 is 5.32 Å². The van der Waals surface area contributed by atoms with Crippen molar-refractivity contribution in [3.63, 3.8) is 0 Å². The van der Waals surface area contributed by atoms with Crippen molar-refractivity contribution in [2.24, 2.45) is 5.92 Å². The van der Waals surface area contributed by atoms with E-state index >= 15 is 0 Å². The number of hydrogen-bond donors (Lipinski definition) is 1. The topological polar surface area (TPSA) is 18.5 Å². The van der Waals surface area contributed by atoms with Crippen molar-refractivity contribution in [1.29, 1.82) is 0 Å². The Labute approximate surface area is 119 Å². The zero-order valence-corrected chi connectivity index (χ0v) is 13.4. The van der Waals surface area contributed by atoms with Crippen LogP contribution >= 0.6 is 0 Å². The minimum Gasteiger partial charge on any atom is -0.309 e. The van der Waals surface area contributed by atoms with Gasteiger partial charge < -0.3 is 15.1 Å². The highest BCUT2D eigenvalue weighted by Crippen LogP contribution is 2.26. The SMILES string of the molecule is CN1CCN(CC2CCC(NC(C)(C)C)CC2)CC1. The van der Waals surface area contributed by atoms with E-state index in [1.54, 1.807) is 0 Å². The Morgan fingerprint density at radius 1 is 0.947 bits per heavy atom. The van der Waals surface area contributed by atoms with Crippen LogP contribution in [-0.2, 0) is 0 Å². The van der Waals surface area contributed by atoms with Gasteiger partial charge in [-0.2, -0.15) is 0 Å². The quantitative estimate of drug-likeness (QED) is 0.845. The third-order valence-corrected chi connectivity index (χ3v) is 4.60. The number of hydrogen-bond acceptors (Lipinski definition) is 3. The van der Waals surface area contributed by atoms with E-state index in [-0.39, 0.29) is 5.54 Å². The smallest absolute Gasteiger partial charge is 0.0110 e. The molecule has 3 nitrogen and oxygen atoms in total. The molecule has 0 amide bonds. The summed E-state index contributed by atoms with van der Waals surface area (Å²) in [5.74, 6) is 0.946. The van der Waals surface area contributed by atoms with Crippen LogP contribution in [0.4, 0.5) is 0 Å². The number of rotatable bonds is 3. The molecule has 1 aliphatic heterocycles. The molecule has 112 valence electrons. The van der Waals surface area contributed by atoms with Gasteiger partial charge in [0.25, 0.3) is 0 Å². The molecular weight excluding hydrogens is 234 g/mol. The molecule has 1 saturated carbocycles. The molecule has 1 heterocycles. The number of likely N-dealkylation sites (N-methyl/N-ethyl adjacent to an activating group) is 1. The maximum atomic E-state index is 3.77. The van der Waals surface area contributed by atoms with Gasteiger partial charge in [-0.15, -0.1) is 0 Å². The minimum absolute atomic E-state index is 0.273. The summed E-state index contributed by atoms with van der Waals surface area (Å²) in [6.45, 7) is 13.2. The lowest BCUT2D eigenvalue weighted by Gasteiger charge is -2.38. The summed E-state index contributed by atoms with van der Waals surface area (Å²) < 4.78 is 0. The third kappa shape index (κ3) is 5.41. The van der Waals surface area contributed by atoms with Gasteiger partial charge >= 0.3 is 0 Å². The molecule has 0 spiro atoms. The highest BCUT2D eigenvalue weighted by atomic mass is 15.2. The van der Waals surface area contributed by atoms with Gasteiger partial charge in [0.15, 0.2) is 0 Å². The highest BCUT2D eigenvalue weighted by molar-refractivity contribution is 4.84. The van der Waals surface area contributed by atoms with Crippen LogP contribution in [-0.4, -0.2) is 61.2 Å². The predicted octanol–water partition coefficient (Wildman–Crippen LogP) is 2.18. The van der Waals surface area contributed by atoms with Crippen LogP contribution in [0.15, 0.2) is 0 Å². The van der Waals surface area contributed by atoms with E-state index in [1.165, 1.54) is 58.4 Å². The first-order chi connectivity index (χ1) is 8.92. The van der Waals surface area contributed by atoms with Crippen LogP contribution in [0.25, 0.3) is 0 Å². The Bertz CT molecular complexity index is 256. The van der Waals surface area contributed by atoms with Crippen LogP contribution in [0.5, 0.6) is 0 Å². The molecular formula is C16H33N3. The molecule has 1 aliphatic carbocycles. The summed E-state index contributed by atoms with van der Waals surface area (Å²) in [5.41, 5.74) is 0.273. The van der Waals surface area contributed by atoms with Crippen molar-refractivity contribution in [2.75, 3.05) is 39.8 Å². The lowest BCUT2D eigenvalue weighted by atomic mass is 9.84. The van der Waals surface area contributed by atoms with E-state index in [1.807, 2.05) is 0 Å². The molecule has 2 rings (SSSR count). The first kappa shape index (κ1) is 15.3. The molecule has 0 radical (unpaired) electrons. The second-order valence-electron chi connectivity index (χ2n) is 7.72. The molecule has 0 unspecified atom stereocenters. The fourth-order valence-corrected chi connectivity index (χ4v) is 3.50. The molecule has 2 aliphatic rings. The lowest BCUT2D eigenvalue weighted by molar-refractivity contribution is 0.119. The Morgan fingerprint density at radius 3 is 2.05 bits per heavy atom. The molecule has 0 aromatic heterocycles. The Kier molecular flexibility index (Phi) is 5.27. The molecule has 0 aromatic rings. The second kappa shape index (κ2) is 6.55. The predicted molar refractivity (Wildman–Crippen MR) is 82.6 cm³/mol. The molecule has 2 fully saturated rings. The minimum atomic E-state index is 0.273. The van der Waals surface area contributed by atoms with Gasteiger partial charge in [-0.3, -0.25) is 0 Å².